The molecule has 2 nitrogen and oxygen atoms in total. The first-order chi connectivity index (χ1) is 6.18. The third kappa shape index (κ3) is 4.95. The summed E-state index contributed by atoms with van der Waals surface area (Å²) in [6, 6.07) is 7.35. The number of nitrogens with two attached hydrogens (primary N) is 1. The number of nitrogen functional groups attached to an aromatic ring is 1. The zero-order valence-electron chi connectivity index (χ0n) is 7.88. The molecule has 0 radical (unpaired) electrons. The van der Waals surface area contributed by atoms with Crippen molar-refractivity contribution in [1.82, 2.24) is 0 Å². The van der Waals surface area contributed by atoms with Crippen molar-refractivity contribution in [2.45, 2.75) is 13.3 Å². The van der Waals surface area contributed by atoms with Crippen LogP contribution in [0.1, 0.15) is 12.5 Å². The Morgan fingerprint density at radius 3 is 2.15 bits per heavy atom. The van der Waals surface area contributed by atoms with Gasteiger partial charge in [-0.05, 0) is 24.6 Å². The first-order valence-electron chi connectivity index (χ1n) is 3.90. The van der Waals surface area contributed by atoms with Crippen molar-refractivity contribution in [3.05, 3.63) is 29.8 Å². The minimum Gasteiger partial charge on any atom is -0.399 e. The number of anilines is 1. The highest BCUT2D eigenvalue weighted by atomic mass is 19.1. The van der Waals surface area contributed by atoms with E-state index in [9.17, 15) is 9.18 Å². The first kappa shape index (κ1) is 11.6. The Bertz CT molecular complexity index is 256. The maximum absolute atomic E-state index is 10.7. The molecule has 0 saturated heterocycles. The average molecular weight is 183 g/mol. The molecular formula is C10H14FNO. The van der Waals surface area contributed by atoms with Gasteiger partial charge in [0.15, 0.2) is 0 Å². The van der Waals surface area contributed by atoms with E-state index in [-0.39, 0.29) is 5.78 Å². The lowest BCUT2D eigenvalue weighted by atomic mass is 10.1. The van der Waals surface area contributed by atoms with E-state index >= 15 is 0 Å². The molecule has 0 amide bonds. The van der Waals surface area contributed by atoms with E-state index in [1.807, 2.05) is 12.1 Å². The number of alkyl halides is 1. The summed E-state index contributed by atoms with van der Waals surface area (Å²) in [7, 11) is 0.500. The average Bonchev–Trinajstić information content (AvgIpc) is 2.12. The summed E-state index contributed by atoms with van der Waals surface area (Å²) in [4.78, 5) is 10.7. The fraction of sp³-hybridized carbons (Fsp3) is 0.300. The van der Waals surface area contributed by atoms with E-state index in [1.54, 1.807) is 19.1 Å². The molecule has 0 aliphatic carbocycles. The molecule has 0 atom stereocenters. The minimum absolute atomic E-state index is 0.176. The number of carbonyl (C=O) groups is 1. The summed E-state index contributed by atoms with van der Waals surface area (Å²) in [5.41, 5.74) is 7.23. The lowest BCUT2D eigenvalue weighted by molar-refractivity contribution is -0.116. The van der Waals surface area contributed by atoms with Crippen LogP contribution in [0.2, 0.25) is 0 Å². The summed E-state index contributed by atoms with van der Waals surface area (Å²) in [5.74, 6) is 0.176. The molecule has 0 aliphatic rings. The maximum atomic E-state index is 10.7. The summed E-state index contributed by atoms with van der Waals surface area (Å²) in [5, 5.41) is 0. The Balaban J connectivity index is 0.000000671. The maximum Gasteiger partial charge on any atom is 0.134 e. The number of ketones is 1. The van der Waals surface area contributed by atoms with E-state index in [2.05, 4.69) is 0 Å². The van der Waals surface area contributed by atoms with E-state index in [4.69, 9.17) is 5.73 Å². The zero-order chi connectivity index (χ0) is 10.3. The number of hydrogen-bond acceptors (Lipinski definition) is 2. The number of benzene rings is 1. The van der Waals surface area contributed by atoms with Crippen molar-refractivity contribution in [3.63, 3.8) is 0 Å². The van der Waals surface area contributed by atoms with Crippen molar-refractivity contribution >= 4 is 11.5 Å². The van der Waals surface area contributed by atoms with Crippen LogP contribution in [0.4, 0.5) is 10.1 Å². The van der Waals surface area contributed by atoms with E-state index in [1.165, 1.54) is 0 Å². The number of hydrogen-bond donors (Lipinski definition) is 1. The first-order valence-corrected chi connectivity index (χ1v) is 3.90. The molecule has 13 heavy (non-hydrogen) atoms. The number of halogens is 1. The molecule has 72 valence electrons. The Morgan fingerprint density at radius 2 is 1.77 bits per heavy atom. The molecule has 1 rings (SSSR count). The Labute approximate surface area is 77.6 Å². The van der Waals surface area contributed by atoms with Gasteiger partial charge in [0.05, 0.1) is 7.18 Å². The highest BCUT2D eigenvalue weighted by Crippen LogP contribution is 2.05. The van der Waals surface area contributed by atoms with Crippen molar-refractivity contribution < 1.29 is 9.18 Å². The second-order valence-electron chi connectivity index (χ2n) is 2.62. The topological polar surface area (TPSA) is 43.1 Å². The van der Waals surface area contributed by atoms with Crippen molar-refractivity contribution in [2.24, 2.45) is 0 Å². The van der Waals surface area contributed by atoms with Gasteiger partial charge >= 0.3 is 0 Å². The van der Waals surface area contributed by atoms with Gasteiger partial charge in [-0.1, -0.05) is 12.1 Å². The van der Waals surface area contributed by atoms with Gasteiger partial charge in [-0.15, -0.1) is 0 Å². The van der Waals surface area contributed by atoms with Crippen LogP contribution >= 0.6 is 0 Å². The number of Topliss-reactive ketones (excluding diaryl/α,β-unsaturated/α-hetero) is 1. The molecule has 0 spiro atoms. The fourth-order valence-corrected chi connectivity index (χ4v) is 0.923. The van der Waals surface area contributed by atoms with Crippen LogP contribution in [0.25, 0.3) is 0 Å². The van der Waals surface area contributed by atoms with Gasteiger partial charge < -0.3 is 5.73 Å². The summed E-state index contributed by atoms with van der Waals surface area (Å²) in [6.45, 7) is 1.58. The molecule has 0 aromatic heterocycles. The molecule has 1 aromatic carbocycles. The highest BCUT2D eigenvalue weighted by Gasteiger charge is 1.95. The molecule has 3 heteroatoms. The van der Waals surface area contributed by atoms with Gasteiger partial charge in [0.2, 0.25) is 0 Å². The zero-order valence-corrected chi connectivity index (χ0v) is 7.88. The molecule has 2 N–H and O–H groups in total. The SMILES string of the molecule is CC(=O)Cc1ccc(N)cc1.CF. The quantitative estimate of drug-likeness (QED) is 0.712. The van der Waals surface area contributed by atoms with Crippen molar-refractivity contribution in [1.29, 1.82) is 0 Å². The summed E-state index contributed by atoms with van der Waals surface area (Å²) >= 11 is 0. The molecular weight excluding hydrogens is 169 g/mol. The van der Waals surface area contributed by atoms with Gasteiger partial charge in [0, 0.05) is 12.1 Å². The molecule has 0 saturated carbocycles. The van der Waals surface area contributed by atoms with Gasteiger partial charge in [0.25, 0.3) is 0 Å². The van der Waals surface area contributed by atoms with E-state index in [0.717, 1.165) is 11.3 Å². The van der Waals surface area contributed by atoms with Crippen molar-refractivity contribution in [2.75, 3.05) is 12.9 Å². The van der Waals surface area contributed by atoms with Crippen LogP contribution in [0.5, 0.6) is 0 Å². The third-order valence-electron chi connectivity index (χ3n) is 1.43. The fourth-order valence-electron chi connectivity index (χ4n) is 0.923. The van der Waals surface area contributed by atoms with Gasteiger partial charge in [-0.25, -0.2) is 0 Å². The largest absolute Gasteiger partial charge is 0.399 e. The Morgan fingerprint density at radius 1 is 1.31 bits per heavy atom. The number of rotatable bonds is 2. The minimum atomic E-state index is 0.176. The molecule has 1 aromatic rings. The van der Waals surface area contributed by atoms with Crippen LogP contribution < -0.4 is 5.73 Å². The van der Waals surface area contributed by atoms with Gasteiger partial charge in [-0.2, -0.15) is 0 Å². The summed E-state index contributed by atoms with van der Waals surface area (Å²) in [6.07, 6.45) is 0.500. The Kier molecular flexibility index (Phi) is 5.52. The molecule has 0 unspecified atom stereocenters. The van der Waals surface area contributed by atoms with Crippen LogP contribution in [-0.4, -0.2) is 13.0 Å². The van der Waals surface area contributed by atoms with Gasteiger partial charge in [-0.3, -0.25) is 9.18 Å². The van der Waals surface area contributed by atoms with Gasteiger partial charge in [0.1, 0.15) is 5.78 Å². The monoisotopic (exact) mass is 183 g/mol. The smallest absolute Gasteiger partial charge is 0.134 e. The second kappa shape index (κ2) is 6.17. The predicted molar refractivity (Wildman–Crippen MR) is 52.3 cm³/mol. The van der Waals surface area contributed by atoms with Crippen LogP contribution in [0.15, 0.2) is 24.3 Å². The van der Waals surface area contributed by atoms with Crippen LogP contribution in [0.3, 0.4) is 0 Å². The van der Waals surface area contributed by atoms with Crippen LogP contribution in [-0.2, 0) is 11.2 Å². The number of carbonyl (C=O) groups excluding carboxylic acids is 1. The Hall–Kier alpha value is -1.38. The third-order valence-corrected chi connectivity index (χ3v) is 1.43. The van der Waals surface area contributed by atoms with Crippen LogP contribution in [0, 0.1) is 0 Å². The molecule has 0 bridgehead atoms. The molecule has 0 aliphatic heterocycles. The lowest BCUT2D eigenvalue weighted by Gasteiger charge is -1.96. The van der Waals surface area contributed by atoms with Crippen molar-refractivity contribution in [3.8, 4) is 0 Å². The predicted octanol–water partition coefficient (Wildman–Crippen LogP) is 1.99. The highest BCUT2D eigenvalue weighted by molar-refractivity contribution is 5.78. The standard InChI is InChI=1S/C9H11NO.CH3F/c1-7(11)6-8-2-4-9(10)5-3-8;1-2/h2-5H,6,10H2,1H3;1H3. The summed E-state index contributed by atoms with van der Waals surface area (Å²) < 4.78 is 9.50. The van der Waals surface area contributed by atoms with E-state index in [0.29, 0.717) is 13.6 Å². The van der Waals surface area contributed by atoms with E-state index < -0.39 is 0 Å². The lowest BCUT2D eigenvalue weighted by Crippen LogP contribution is -1.96. The second-order valence-corrected chi connectivity index (χ2v) is 2.62. The molecule has 0 heterocycles. The molecule has 0 fully saturated rings. The normalized spacial score (nSPS) is 8.54.